The van der Waals surface area contributed by atoms with Crippen LogP contribution in [0.3, 0.4) is 0 Å². The van der Waals surface area contributed by atoms with E-state index >= 15 is 0 Å². The molecule has 0 saturated heterocycles. The third kappa shape index (κ3) is 3.77. The van der Waals surface area contributed by atoms with Gasteiger partial charge >= 0.3 is 5.97 Å². The quantitative estimate of drug-likeness (QED) is 0.395. The highest BCUT2D eigenvalue weighted by molar-refractivity contribution is 6.06. The van der Waals surface area contributed by atoms with E-state index in [9.17, 15) is 14.0 Å². The summed E-state index contributed by atoms with van der Waals surface area (Å²) in [4.78, 5) is 25.0. The molecular weight excluding hydrogens is 443 g/mol. The molecule has 2 fully saturated rings. The predicted molar refractivity (Wildman–Crippen MR) is 133 cm³/mol. The maximum atomic E-state index is 14.6. The van der Waals surface area contributed by atoms with Crippen LogP contribution >= 0.6 is 0 Å². The lowest BCUT2D eigenvalue weighted by atomic mass is 9.50. The van der Waals surface area contributed by atoms with E-state index in [0.29, 0.717) is 23.0 Å². The van der Waals surface area contributed by atoms with Gasteiger partial charge in [-0.3, -0.25) is 9.59 Å². The topological polar surface area (TPSA) is 60.3 Å². The van der Waals surface area contributed by atoms with Crippen LogP contribution < -0.4 is 5.32 Å². The van der Waals surface area contributed by atoms with Crippen LogP contribution in [0.2, 0.25) is 0 Å². The molecule has 1 aromatic heterocycles. The number of fused-ring (bicyclic) bond motifs is 2. The highest BCUT2D eigenvalue weighted by Gasteiger charge is 2.55. The Bertz CT molecular complexity index is 1460. The van der Waals surface area contributed by atoms with E-state index in [0.717, 1.165) is 36.6 Å². The third-order valence-corrected chi connectivity index (χ3v) is 7.87. The largest absolute Gasteiger partial charge is 0.469 e. The number of ether oxygens (including phenoxy) is 1. The molecule has 2 aliphatic rings. The van der Waals surface area contributed by atoms with Gasteiger partial charge in [-0.15, -0.1) is 0 Å². The van der Waals surface area contributed by atoms with Gasteiger partial charge in [-0.25, -0.2) is 4.39 Å². The number of carbonyl (C=O) groups is 2. The Morgan fingerprint density at radius 1 is 1.03 bits per heavy atom. The number of aromatic nitrogens is 1. The summed E-state index contributed by atoms with van der Waals surface area (Å²) in [6, 6.07) is 19.2. The number of nitrogens with one attached hydrogen (secondary N) is 1. The Kier molecular flexibility index (Phi) is 5.13. The van der Waals surface area contributed by atoms with Crippen LogP contribution in [0.1, 0.15) is 41.6 Å². The number of hydrogen-bond acceptors (Lipinski definition) is 3. The van der Waals surface area contributed by atoms with E-state index in [1.165, 1.54) is 18.6 Å². The molecule has 3 aromatic carbocycles. The summed E-state index contributed by atoms with van der Waals surface area (Å²) in [7, 11) is 1.43. The Labute approximate surface area is 202 Å². The second-order valence-corrected chi connectivity index (χ2v) is 10.2. The van der Waals surface area contributed by atoms with E-state index in [1.807, 2.05) is 22.9 Å². The van der Waals surface area contributed by atoms with Crippen molar-refractivity contribution in [3.63, 3.8) is 0 Å². The van der Waals surface area contributed by atoms with Crippen molar-refractivity contribution in [3.05, 3.63) is 83.8 Å². The smallest absolute Gasteiger partial charge is 0.308 e. The highest BCUT2D eigenvalue weighted by atomic mass is 19.1. The molecule has 5 nitrogen and oxygen atoms in total. The molecule has 1 amide bonds. The van der Waals surface area contributed by atoms with Crippen LogP contribution in [0.4, 0.5) is 4.39 Å². The van der Waals surface area contributed by atoms with Gasteiger partial charge in [0.2, 0.25) is 0 Å². The predicted octanol–water partition coefficient (Wildman–Crippen LogP) is 5.44. The van der Waals surface area contributed by atoms with Gasteiger partial charge in [0.1, 0.15) is 5.82 Å². The highest BCUT2D eigenvalue weighted by Crippen LogP contribution is 2.59. The molecule has 2 aliphatic carbocycles. The van der Waals surface area contributed by atoms with Gasteiger partial charge in [-0.05, 0) is 71.7 Å². The summed E-state index contributed by atoms with van der Waals surface area (Å²) in [5.41, 5.74) is 2.33. The van der Waals surface area contributed by atoms with Crippen LogP contribution in [-0.4, -0.2) is 29.6 Å². The Hall–Kier alpha value is -3.67. The van der Waals surface area contributed by atoms with Crippen molar-refractivity contribution in [2.75, 3.05) is 7.11 Å². The Morgan fingerprint density at radius 3 is 2.57 bits per heavy atom. The first kappa shape index (κ1) is 21.8. The number of halogens is 1. The van der Waals surface area contributed by atoms with Crippen molar-refractivity contribution in [3.8, 4) is 0 Å². The van der Waals surface area contributed by atoms with Crippen LogP contribution in [-0.2, 0) is 16.1 Å². The minimum atomic E-state index is -0.334. The lowest BCUT2D eigenvalue weighted by Gasteiger charge is -2.56. The van der Waals surface area contributed by atoms with Crippen molar-refractivity contribution in [1.29, 1.82) is 0 Å². The zero-order chi connectivity index (χ0) is 24.2. The fraction of sp³-hybridized carbons (Fsp3) is 0.310. The molecule has 0 aliphatic heterocycles. The standard InChI is InChI=1S/C29H27FN2O3/c1-35-28(34)21-13-29(14-21)15-22(16-29)31-27(33)24-8-9-25(30)23-10-11-32(26(23)24)17-18-6-7-19-4-2-3-5-20(19)12-18/h2-12,21-22H,13-17H2,1H3,(H,31,33). The van der Waals surface area contributed by atoms with Crippen LogP contribution in [0.15, 0.2) is 66.9 Å². The zero-order valence-corrected chi connectivity index (χ0v) is 19.6. The van der Waals surface area contributed by atoms with Crippen LogP contribution in [0.25, 0.3) is 21.7 Å². The average Bonchev–Trinajstić information content (AvgIpc) is 3.23. The number of amides is 1. The van der Waals surface area contributed by atoms with Crippen molar-refractivity contribution in [1.82, 2.24) is 9.88 Å². The molecule has 6 heteroatoms. The number of benzene rings is 3. The van der Waals surface area contributed by atoms with Crippen molar-refractivity contribution in [2.45, 2.75) is 38.3 Å². The lowest BCUT2D eigenvalue weighted by molar-refractivity contribution is -0.159. The summed E-state index contributed by atoms with van der Waals surface area (Å²) in [6.45, 7) is 0.541. The fourth-order valence-corrected chi connectivity index (χ4v) is 6.14. The fourth-order valence-electron chi connectivity index (χ4n) is 6.14. The molecule has 2 saturated carbocycles. The molecule has 1 heterocycles. The van der Waals surface area contributed by atoms with E-state index in [2.05, 4.69) is 35.6 Å². The zero-order valence-electron chi connectivity index (χ0n) is 19.6. The number of nitrogens with zero attached hydrogens (tertiary/aromatic N) is 1. The number of rotatable bonds is 5. The van der Waals surface area contributed by atoms with Crippen molar-refractivity contribution < 1.29 is 18.7 Å². The van der Waals surface area contributed by atoms with E-state index in [1.54, 1.807) is 12.1 Å². The first-order valence-corrected chi connectivity index (χ1v) is 12.1. The van der Waals surface area contributed by atoms with Crippen molar-refractivity contribution >= 4 is 33.6 Å². The van der Waals surface area contributed by atoms with Gasteiger partial charge in [0.15, 0.2) is 0 Å². The van der Waals surface area contributed by atoms with Gasteiger partial charge in [-0.2, -0.15) is 0 Å². The Balaban J connectivity index is 1.21. The van der Waals surface area contributed by atoms with Crippen molar-refractivity contribution in [2.24, 2.45) is 11.3 Å². The molecule has 0 unspecified atom stereocenters. The maximum Gasteiger partial charge on any atom is 0.308 e. The molecule has 6 rings (SSSR count). The van der Waals surface area contributed by atoms with Gasteiger partial charge < -0.3 is 14.6 Å². The number of carbonyl (C=O) groups excluding carboxylic acids is 2. The maximum absolute atomic E-state index is 14.6. The number of methoxy groups -OCH3 is 1. The van der Waals surface area contributed by atoms with Crippen LogP contribution in [0.5, 0.6) is 0 Å². The lowest BCUT2D eigenvalue weighted by Crippen LogP contribution is -2.57. The summed E-state index contributed by atoms with van der Waals surface area (Å²) >= 11 is 0. The second-order valence-electron chi connectivity index (χ2n) is 10.2. The summed E-state index contributed by atoms with van der Waals surface area (Å²) in [6.07, 6.45) is 5.26. The Morgan fingerprint density at radius 2 is 1.80 bits per heavy atom. The monoisotopic (exact) mass is 470 g/mol. The first-order valence-electron chi connectivity index (χ1n) is 12.1. The molecule has 4 aromatic rings. The molecule has 1 N–H and O–H groups in total. The van der Waals surface area contributed by atoms with Gasteiger partial charge in [0.25, 0.3) is 5.91 Å². The third-order valence-electron chi connectivity index (χ3n) is 7.87. The number of esters is 1. The molecule has 0 radical (unpaired) electrons. The normalized spacial score (nSPS) is 23.1. The first-order chi connectivity index (χ1) is 16.9. The van der Waals surface area contributed by atoms with E-state index in [-0.39, 0.29) is 35.1 Å². The summed E-state index contributed by atoms with van der Waals surface area (Å²) in [5.74, 6) is -0.660. The van der Waals surface area contributed by atoms with Gasteiger partial charge in [0.05, 0.1) is 24.1 Å². The molecule has 0 atom stereocenters. The van der Waals surface area contributed by atoms with E-state index < -0.39 is 0 Å². The molecule has 0 bridgehead atoms. The average molecular weight is 471 g/mol. The molecule has 35 heavy (non-hydrogen) atoms. The molecule has 1 spiro atoms. The minimum absolute atomic E-state index is 0.00763. The molecular formula is C29H27FN2O3. The van der Waals surface area contributed by atoms with Gasteiger partial charge in [-0.1, -0.05) is 36.4 Å². The summed E-state index contributed by atoms with van der Waals surface area (Å²) in [5, 5.41) is 5.90. The summed E-state index contributed by atoms with van der Waals surface area (Å²) < 4.78 is 21.4. The minimum Gasteiger partial charge on any atom is -0.469 e. The molecule has 178 valence electrons. The second kappa shape index (κ2) is 8.22. The van der Waals surface area contributed by atoms with E-state index in [4.69, 9.17) is 4.74 Å². The van der Waals surface area contributed by atoms with Crippen LogP contribution in [0, 0.1) is 17.2 Å². The number of hydrogen-bond donors (Lipinski definition) is 1. The van der Waals surface area contributed by atoms with Gasteiger partial charge in [0, 0.05) is 24.2 Å². The SMILES string of the molecule is COC(=O)C1CC2(CC(NC(=O)c3ccc(F)c4ccn(Cc5ccc6ccccc6c5)c34)C2)C1.